The van der Waals surface area contributed by atoms with Crippen LogP contribution in [0.5, 0.6) is 0 Å². The third-order valence-electron chi connectivity index (χ3n) is 1.76. The van der Waals surface area contributed by atoms with Gasteiger partial charge in [-0.1, -0.05) is 0 Å². The Morgan fingerprint density at radius 1 is 1.46 bits per heavy atom. The topological polar surface area (TPSA) is 34.4 Å². The fourth-order valence-corrected chi connectivity index (χ4v) is 1.68. The number of aldehydes is 1. The van der Waals surface area contributed by atoms with Crippen LogP contribution in [0.3, 0.4) is 0 Å². The SMILES string of the molecule is O=CCc1cn2cc(I)ccc2n1. The Balaban J connectivity index is 2.55. The zero-order valence-electron chi connectivity index (χ0n) is 6.77. The fraction of sp³-hybridized carbons (Fsp3) is 0.111. The highest BCUT2D eigenvalue weighted by atomic mass is 127. The van der Waals surface area contributed by atoms with E-state index >= 15 is 0 Å². The standard InChI is InChI=1S/C9H7IN2O/c10-7-1-2-9-11-8(3-4-13)6-12(9)5-7/h1-2,4-6H,3H2. The average molecular weight is 286 g/mol. The van der Waals surface area contributed by atoms with Crippen LogP contribution >= 0.6 is 22.6 Å². The summed E-state index contributed by atoms with van der Waals surface area (Å²) in [5.41, 5.74) is 1.70. The maximum atomic E-state index is 10.3. The molecule has 3 nitrogen and oxygen atoms in total. The predicted octanol–water partition coefficient (Wildman–Crippen LogP) is 1.68. The van der Waals surface area contributed by atoms with Crippen LogP contribution in [-0.4, -0.2) is 15.7 Å². The Bertz CT molecular complexity index is 450. The molecule has 0 unspecified atom stereocenters. The van der Waals surface area contributed by atoms with Crippen LogP contribution in [0.15, 0.2) is 24.5 Å². The molecule has 0 aliphatic carbocycles. The number of pyridine rings is 1. The van der Waals surface area contributed by atoms with Crippen LogP contribution < -0.4 is 0 Å². The van der Waals surface area contributed by atoms with Crippen LogP contribution in [0.1, 0.15) is 5.69 Å². The minimum absolute atomic E-state index is 0.387. The minimum atomic E-state index is 0.387. The molecule has 0 fully saturated rings. The highest BCUT2D eigenvalue weighted by Gasteiger charge is 2.00. The van der Waals surface area contributed by atoms with Crippen LogP contribution in [0, 0.1) is 3.57 Å². The lowest BCUT2D eigenvalue weighted by atomic mass is 10.4. The van der Waals surface area contributed by atoms with Crippen LogP contribution in [-0.2, 0) is 11.2 Å². The number of halogens is 1. The van der Waals surface area contributed by atoms with Crippen LogP contribution in [0.4, 0.5) is 0 Å². The second kappa shape index (κ2) is 3.45. The number of imidazole rings is 1. The van der Waals surface area contributed by atoms with Gasteiger partial charge in [0.25, 0.3) is 0 Å². The van der Waals surface area contributed by atoms with Crippen molar-refractivity contribution in [2.75, 3.05) is 0 Å². The van der Waals surface area contributed by atoms with Gasteiger partial charge < -0.3 is 9.20 Å². The molecule has 0 aliphatic rings. The molecule has 13 heavy (non-hydrogen) atoms. The zero-order chi connectivity index (χ0) is 9.26. The number of carbonyl (C=O) groups is 1. The second-order valence-electron chi connectivity index (χ2n) is 2.72. The van der Waals surface area contributed by atoms with E-state index in [-0.39, 0.29) is 0 Å². The van der Waals surface area contributed by atoms with Crippen molar-refractivity contribution in [1.82, 2.24) is 9.38 Å². The Morgan fingerprint density at radius 2 is 2.31 bits per heavy atom. The van der Waals surface area contributed by atoms with Crippen LogP contribution in [0.25, 0.3) is 5.65 Å². The van der Waals surface area contributed by atoms with Crippen molar-refractivity contribution in [3.8, 4) is 0 Å². The first-order chi connectivity index (χ1) is 6.29. The molecule has 0 N–H and O–H groups in total. The Labute approximate surface area is 88.9 Å². The maximum Gasteiger partial charge on any atom is 0.137 e. The summed E-state index contributed by atoms with van der Waals surface area (Å²) in [7, 11) is 0. The summed E-state index contributed by atoms with van der Waals surface area (Å²) in [6.45, 7) is 0. The van der Waals surface area contributed by atoms with E-state index in [1.165, 1.54) is 0 Å². The normalized spacial score (nSPS) is 10.5. The number of hydrogen-bond donors (Lipinski definition) is 0. The van der Waals surface area contributed by atoms with Gasteiger partial charge in [-0.15, -0.1) is 0 Å². The van der Waals surface area contributed by atoms with Gasteiger partial charge in [-0.3, -0.25) is 0 Å². The monoisotopic (exact) mass is 286 g/mol. The summed E-state index contributed by atoms with van der Waals surface area (Å²) < 4.78 is 3.08. The number of hydrogen-bond acceptors (Lipinski definition) is 2. The number of carbonyl (C=O) groups excluding carboxylic acids is 1. The molecular weight excluding hydrogens is 279 g/mol. The minimum Gasteiger partial charge on any atom is -0.306 e. The van der Waals surface area contributed by atoms with Gasteiger partial charge in [-0.25, -0.2) is 4.98 Å². The highest BCUT2D eigenvalue weighted by molar-refractivity contribution is 14.1. The van der Waals surface area contributed by atoms with Gasteiger partial charge in [-0.05, 0) is 34.7 Å². The van der Waals surface area contributed by atoms with E-state index in [4.69, 9.17) is 0 Å². The molecule has 0 spiro atoms. The molecule has 0 aromatic carbocycles. The molecule has 0 amide bonds. The molecule has 0 saturated carbocycles. The van der Waals surface area contributed by atoms with E-state index in [2.05, 4.69) is 27.6 Å². The molecular formula is C9H7IN2O. The number of aromatic nitrogens is 2. The van der Waals surface area contributed by atoms with Gasteiger partial charge in [0, 0.05) is 22.4 Å². The molecule has 2 rings (SSSR count). The molecule has 0 bridgehead atoms. The van der Waals surface area contributed by atoms with Gasteiger partial charge in [0.2, 0.25) is 0 Å². The summed E-state index contributed by atoms with van der Waals surface area (Å²) in [5.74, 6) is 0. The highest BCUT2D eigenvalue weighted by Crippen LogP contribution is 2.09. The molecule has 0 saturated heterocycles. The predicted molar refractivity (Wildman–Crippen MR) is 57.7 cm³/mol. The third kappa shape index (κ3) is 1.72. The van der Waals surface area contributed by atoms with E-state index in [1.54, 1.807) is 0 Å². The summed E-state index contributed by atoms with van der Waals surface area (Å²) in [4.78, 5) is 14.5. The average Bonchev–Trinajstić information content (AvgIpc) is 2.46. The van der Waals surface area contributed by atoms with Gasteiger partial charge in [0.15, 0.2) is 0 Å². The molecule has 2 heterocycles. The lowest BCUT2D eigenvalue weighted by Crippen LogP contribution is -1.83. The second-order valence-corrected chi connectivity index (χ2v) is 3.96. The lowest BCUT2D eigenvalue weighted by molar-refractivity contribution is -0.107. The van der Waals surface area contributed by atoms with Crippen molar-refractivity contribution in [2.24, 2.45) is 0 Å². The lowest BCUT2D eigenvalue weighted by Gasteiger charge is -1.91. The van der Waals surface area contributed by atoms with E-state index in [0.29, 0.717) is 6.42 Å². The van der Waals surface area contributed by atoms with Crippen molar-refractivity contribution in [2.45, 2.75) is 6.42 Å². The van der Waals surface area contributed by atoms with Gasteiger partial charge >= 0.3 is 0 Å². The van der Waals surface area contributed by atoms with E-state index in [9.17, 15) is 4.79 Å². The number of nitrogens with zero attached hydrogens (tertiary/aromatic N) is 2. The van der Waals surface area contributed by atoms with Crippen molar-refractivity contribution in [3.63, 3.8) is 0 Å². The van der Waals surface area contributed by atoms with Crippen molar-refractivity contribution in [3.05, 3.63) is 33.8 Å². The Kier molecular flexibility index (Phi) is 2.30. The number of fused-ring (bicyclic) bond motifs is 1. The quantitative estimate of drug-likeness (QED) is 0.622. The van der Waals surface area contributed by atoms with Crippen molar-refractivity contribution < 1.29 is 4.79 Å². The molecule has 66 valence electrons. The fourth-order valence-electron chi connectivity index (χ4n) is 1.20. The molecule has 4 heteroatoms. The summed E-state index contributed by atoms with van der Waals surface area (Å²) in [6.07, 6.45) is 5.12. The van der Waals surface area contributed by atoms with Gasteiger partial charge in [0.1, 0.15) is 11.9 Å². The maximum absolute atomic E-state index is 10.3. The van der Waals surface area contributed by atoms with Crippen molar-refractivity contribution >= 4 is 34.5 Å². The van der Waals surface area contributed by atoms with Gasteiger partial charge in [0.05, 0.1) is 5.69 Å². The largest absolute Gasteiger partial charge is 0.306 e. The summed E-state index contributed by atoms with van der Waals surface area (Å²) >= 11 is 2.24. The molecule has 0 aliphatic heterocycles. The smallest absolute Gasteiger partial charge is 0.137 e. The van der Waals surface area contributed by atoms with E-state index < -0.39 is 0 Å². The third-order valence-corrected chi connectivity index (χ3v) is 2.40. The first-order valence-electron chi connectivity index (χ1n) is 3.86. The first kappa shape index (κ1) is 8.68. The first-order valence-corrected chi connectivity index (χ1v) is 4.94. The molecule has 2 aromatic rings. The van der Waals surface area contributed by atoms with E-state index in [0.717, 1.165) is 21.2 Å². The molecule has 0 radical (unpaired) electrons. The Hall–Kier alpha value is -0.910. The molecule has 0 atom stereocenters. The number of rotatable bonds is 2. The van der Waals surface area contributed by atoms with E-state index in [1.807, 2.05) is 28.9 Å². The van der Waals surface area contributed by atoms with Crippen molar-refractivity contribution in [1.29, 1.82) is 0 Å². The van der Waals surface area contributed by atoms with Crippen LogP contribution in [0.2, 0.25) is 0 Å². The summed E-state index contributed by atoms with van der Waals surface area (Å²) in [6, 6.07) is 3.93. The molecule has 2 aromatic heterocycles. The zero-order valence-corrected chi connectivity index (χ0v) is 8.93. The van der Waals surface area contributed by atoms with Gasteiger partial charge in [-0.2, -0.15) is 0 Å². The summed E-state index contributed by atoms with van der Waals surface area (Å²) in [5, 5.41) is 0. The Morgan fingerprint density at radius 3 is 3.08 bits per heavy atom.